The van der Waals surface area contributed by atoms with Crippen LogP contribution in [0.5, 0.6) is 0 Å². The van der Waals surface area contributed by atoms with Crippen molar-refractivity contribution in [3.05, 3.63) is 16.0 Å². The number of halogens is 1. The summed E-state index contributed by atoms with van der Waals surface area (Å²) in [6.45, 7) is 5.17. The molecule has 2 rings (SSSR count). The van der Waals surface area contributed by atoms with Gasteiger partial charge in [0.1, 0.15) is 11.6 Å². The fourth-order valence-electron chi connectivity index (χ4n) is 2.54. The molecule has 1 aromatic heterocycles. The molecule has 0 bridgehead atoms. The zero-order valence-electron chi connectivity index (χ0n) is 12.4. The predicted molar refractivity (Wildman–Crippen MR) is 91.4 cm³/mol. The van der Waals surface area contributed by atoms with E-state index in [1.807, 2.05) is 11.8 Å². The molecule has 1 aliphatic carbocycles. The first-order valence-electron chi connectivity index (χ1n) is 7.65. The largest absolute Gasteiger partial charge is 0.369 e. The molecule has 0 radical (unpaired) electrons. The van der Waals surface area contributed by atoms with E-state index in [0.717, 1.165) is 52.2 Å². The molecule has 5 heteroatoms. The Kier molecular flexibility index (Phi) is 6.62. The van der Waals surface area contributed by atoms with E-state index in [1.54, 1.807) is 0 Å². The van der Waals surface area contributed by atoms with E-state index in [0.29, 0.717) is 0 Å². The fraction of sp³-hybridized carbons (Fsp3) is 0.733. The second-order valence-corrected chi connectivity index (χ2v) is 7.33. The average molecular weight is 358 g/mol. The number of aryl methyl sites for hydroxylation is 1. The van der Waals surface area contributed by atoms with Crippen LogP contribution in [0.4, 0.5) is 5.82 Å². The van der Waals surface area contributed by atoms with Crippen LogP contribution in [-0.2, 0) is 12.2 Å². The number of hydrogen-bond donors (Lipinski definition) is 1. The van der Waals surface area contributed by atoms with E-state index in [9.17, 15) is 0 Å². The van der Waals surface area contributed by atoms with Crippen molar-refractivity contribution in [3.8, 4) is 0 Å². The van der Waals surface area contributed by atoms with Gasteiger partial charge < -0.3 is 5.32 Å². The number of nitrogens with zero attached hydrogens (tertiary/aromatic N) is 2. The lowest BCUT2D eigenvalue weighted by molar-refractivity contribution is 0.842. The third kappa shape index (κ3) is 4.35. The van der Waals surface area contributed by atoms with Crippen LogP contribution in [0.3, 0.4) is 0 Å². The van der Waals surface area contributed by atoms with Gasteiger partial charge in [-0.2, -0.15) is 11.8 Å². The summed E-state index contributed by atoms with van der Waals surface area (Å²) in [5.41, 5.74) is 1.14. The highest BCUT2D eigenvalue weighted by molar-refractivity contribution is 9.10. The molecule has 112 valence electrons. The van der Waals surface area contributed by atoms with E-state index in [-0.39, 0.29) is 0 Å². The van der Waals surface area contributed by atoms with E-state index in [1.165, 1.54) is 25.7 Å². The molecule has 1 aromatic rings. The molecule has 1 N–H and O–H groups in total. The maximum Gasteiger partial charge on any atom is 0.144 e. The fourth-order valence-corrected chi connectivity index (χ4v) is 4.24. The van der Waals surface area contributed by atoms with E-state index >= 15 is 0 Å². The summed E-state index contributed by atoms with van der Waals surface area (Å²) in [4.78, 5) is 9.42. The van der Waals surface area contributed by atoms with Crippen LogP contribution in [0.25, 0.3) is 0 Å². The molecule has 0 aromatic carbocycles. The second-order valence-electron chi connectivity index (χ2n) is 5.25. The second kappa shape index (κ2) is 8.23. The van der Waals surface area contributed by atoms with E-state index < -0.39 is 0 Å². The number of hydrogen-bond acceptors (Lipinski definition) is 4. The highest BCUT2D eigenvalue weighted by Gasteiger charge is 2.17. The lowest BCUT2D eigenvalue weighted by atomic mass is 10.2. The molecule has 1 fully saturated rings. The Hall–Kier alpha value is -0.290. The normalized spacial score (nSPS) is 15.8. The van der Waals surface area contributed by atoms with Gasteiger partial charge in [-0.05, 0) is 42.1 Å². The number of thioether (sulfide) groups is 1. The van der Waals surface area contributed by atoms with Crippen molar-refractivity contribution in [1.29, 1.82) is 0 Å². The molecular formula is C15H24BrN3S. The lowest BCUT2D eigenvalue weighted by Crippen LogP contribution is -2.08. The summed E-state index contributed by atoms with van der Waals surface area (Å²) in [6.07, 6.45) is 7.62. The van der Waals surface area contributed by atoms with Gasteiger partial charge in [-0.15, -0.1) is 0 Å². The van der Waals surface area contributed by atoms with Gasteiger partial charge >= 0.3 is 0 Å². The van der Waals surface area contributed by atoms with Crippen LogP contribution in [0.15, 0.2) is 4.47 Å². The Morgan fingerprint density at radius 3 is 2.65 bits per heavy atom. The number of rotatable bonds is 7. The lowest BCUT2D eigenvalue weighted by Gasteiger charge is -2.13. The summed E-state index contributed by atoms with van der Waals surface area (Å²) >= 11 is 5.67. The van der Waals surface area contributed by atoms with Gasteiger partial charge in [0.15, 0.2) is 0 Å². The highest BCUT2D eigenvalue weighted by atomic mass is 79.9. The standard InChI is InChI=1S/C15H24BrN3S/c1-3-7-12-14(16)15(17-4-2)19-13(18-12)10-20-11-8-5-6-9-11/h11H,3-10H2,1-2H3,(H,17,18,19). The van der Waals surface area contributed by atoms with Gasteiger partial charge in [0.2, 0.25) is 0 Å². The smallest absolute Gasteiger partial charge is 0.144 e. The van der Waals surface area contributed by atoms with Crippen molar-refractivity contribution in [2.24, 2.45) is 0 Å². The molecule has 1 aliphatic rings. The Morgan fingerprint density at radius 2 is 2.00 bits per heavy atom. The van der Waals surface area contributed by atoms with E-state index in [4.69, 9.17) is 4.98 Å². The Morgan fingerprint density at radius 1 is 1.25 bits per heavy atom. The summed E-state index contributed by atoms with van der Waals surface area (Å²) in [6, 6.07) is 0. The van der Waals surface area contributed by atoms with Crippen LogP contribution >= 0.6 is 27.7 Å². The average Bonchev–Trinajstić information content (AvgIpc) is 2.95. The van der Waals surface area contributed by atoms with Gasteiger partial charge in [0, 0.05) is 11.8 Å². The van der Waals surface area contributed by atoms with Crippen molar-refractivity contribution in [2.75, 3.05) is 11.9 Å². The Balaban J connectivity index is 2.09. The van der Waals surface area contributed by atoms with Crippen LogP contribution in [0.2, 0.25) is 0 Å². The van der Waals surface area contributed by atoms with Crippen LogP contribution < -0.4 is 5.32 Å². The number of nitrogens with one attached hydrogen (secondary N) is 1. The first-order valence-corrected chi connectivity index (χ1v) is 9.49. The first kappa shape index (κ1) is 16.1. The molecule has 0 amide bonds. The minimum Gasteiger partial charge on any atom is -0.369 e. The monoisotopic (exact) mass is 357 g/mol. The topological polar surface area (TPSA) is 37.8 Å². The molecule has 1 saturated carbocycles. The highest BCUT2D eigenvalue weighted by Crippen LogP contribution is 2.32. The first-order chi connectivity index (χ1) is 9.74. The zero-order chi connectivity index (χ0) is 14.4. The molecule has 3 nitrogen and oxygen atoms in total. The molecule has 20 heavy (non-hydrogen) atoms. The molecule has 0 unspecified atom stereocenters. The van der Waals surface area contributed by atoms with Crippen molar-refractivity contribution >= 4 is 33.5 Å². The van der Waals surface area contributed by atoms with Crippen molar-refractivity contribution in [3.63, 3.8) is 0 Å². The van der Waals surface area contributed by atoms with Gasteiger partial charge in [0.05, 0.1) is 15.9 Å². The molecule has 0 spiro atoms. The summed E-state index contributed by atoms with van der Waals surface area (Å²) in [7, 11) is 0. The van der Waals surface area contributed by atoms with Crippen LogP contribution in [0.1, 0.15) is 57.5 Å². The van der Waals surface area contributed by atoms with Crippen molar-refractivity contribution in [2.45, 2.75) is 63.4 Å². The number of aromatic nitrogens is 2. The van der Waals surface area contributed by atoms with Gasteiger partial charge in [-0.3, -0.25) is 0 Å². The van der Waals surface area contributed by atoms with Gasteiger partial charge in [-0.1, -0.05) is 26.2 Å². The summed E-state index contributed by atoms with van der Waals surface area (Å²) < 4.78 is 1.04. The maximum absolute atomic E-state index is 4.75. The Bertz CT molecular complexity index is 406. The van der Waals surface area contributed by atoms with Crippen molar-refractivity contribution in [1.82, 2.24) is 9.97 Å². The van der Waals surface area contributed by atoms with Gasteiger partial charge in [0.25, 0.3) is 0 Å². The van der Waals surface area contributed by atoms with Crippen LogP contribution in [0, 0.1) is 0 Å². The molecular weight excluding hydrogens is 334 g/mol. The summed E-state index contributed by atoms with van der Waals surface area (Å²) in [5.74, 6) is 2.87. The maximum atomic E-state index is 4.75. The molecule has 0 saturated heterocycles. The van der Waals surface area contributed by atoms with E-state index in [2.05, 4.69) is 40.1 Å². The summed E-state index contributed by atoms with van der Waals surface area (Å²) in [5, 5.41) is 4.15. The molecule has 0 aliphatic heterocycles. The molecule has 1 heterocycles. The zero-order valence-corrected chi connectivity index (χ0v) is 14.8. The Labute approximate surface area is 134 Å². The predicted octanol–water partition coefficient (Wildman–Crippen LogP) is 4.80. The third-order valence-electron chi connectivity index (χ3n) is 3.55. The number of anilines is 1. The quantitative estimate of drug-likeness (QED) is 0.760. The van der Waals surface area contributed by atoms with Crippen LogP contribution in [-0.4, -0.2) is 21.8 Å². The van der Waals surface area contributed by atoms with Gasteiger partial charge in [-0.25, -0.2) is 9.97 Å². The SMILES string of the molecule is CCCc1nc(CSC2CCCC2)nc(NCC)c1Br. The van der Waals surface area contributed by atoms with Crippen molar-refractivity contribution < 1.29 is 0 Å². The minimum atomic E-state index is 0.819. The third-order valence-corrected chi connectivity index (χ3v) is 5.75. The minimum absolute atomic E-state index is 0.819. The molecule has 0 atom stereocenters.